The standard InChI is InChI=1S/C19H15F3N2O3S/c1-26-14-4-2-13(3-5-14)12-24-11-10-23-17(18(24)25)28-16-8-6-15(7-9-16)27-19(20,21)22/h2-11H,12H2,1H3. The van der Waals surface area contributed by atoms with Crippen molar-refractivity contribution in [3.8, 4) is 11.5 Å². The van der Waals surface area contributed by atoms with E-state index in [9.17, 15) is 18.0 Å². The van der Waals surface area contributed by atoms with Gasteiger partial charge < -0.3 is 14.0 Å². The van der Waals surface area contributed by atoms with Crippen molar-refractivity contribution in [2.75, 3.05) is 7.11 Å². The van der Waals surface area contributed by atoms with Gasteiger partial charge in [-0.25, -0.2) is 4.98 Å². The fraction of sp³-hybridized carbons (Fsp3) is 0.158. The van der Waals surface area contributed by atoms with E-state index in [0.717, 1.165) is 23.1 Å². The molecule has 0 fully saturated rings. The first-order chi connectivity index (χ1) is 13.3. The molecule has 28 heavy (non-hydrogen) atoms. The number of ether oxygens (including phenoxy) is 2. The molecule has 0 aliphatic carbocycles. The van der Waals surface area contributed by atoms with Crippen LogP contribution in [-0.4, -0.2) is 23.0 Å². The first-order valence-electron chi connectivity index (χ1n) is 8.06. The van der Waals surface area contributed by atoms with E-state index in [2.05, 4.69) is 9.72 Å². The fourth-order valence-electron chi connectivity index (χ4n) is 2.37. The highest BCUT2D eigenvalue weighted by Gasteiger charge is 2.30. The maximum atomic E-state index is 12.6. The molecular formula is C19H15F3N2O3S. The summed E-state index contributed by atoms with van der Waals surface area (Å²) in [6.45, 7) is 0.358. The molecule has 0 atom stereocenters. The molecule has 146 valence electrons. The average molecular weight is 408 g/mol. The van der Waals surface area contributed by atoms with E-state index in [1.807, 2.05) is 24.3 Å². The van der Waals surface area contributed by atoms with Crippen molar-refractivity contribution in [3.05, 3.63) is 76.8 Å². The zero-order valence-corrected chi connectivity index (χ0v) is 15.5. The Morgan fingerprint density at radius 1 is 1.04 bits per heavy atom. The Morgan fingerprint density at radius 3 is 2.29 bits per heavy atom. The highest BCUT2D eigenvalue weighted by atomic mass is 32.2. The Bertz CT molecular complexity index is 987. The van der Waals surface area contributed by atoms with Crippen LogP contribution in [0.15, 0.2) is 75.6 Å². The number of nitrogens with zero attached hydrogens (tertiary/aromatic N) is 2. The summed E-state index contributed by atoms with van der Waals surface area (Å²) in [5.74, 6) is 0.398. The minimum Gasteiger partial charge on any atom is -0.497 e. The van der Waals surface area contributed by atoms with Gasteiger partial charge in [-0.05, 0) is 42.0 Å². The summed E-state index contributed by atoms with van der Waals surface area (Å²) in [6, 6.07) is 12.6. The number of hydrogen-bond donors (Lipinski definition) is 0. The van der Waals surface area contributed by atoms with Gasteiger partial charge in [0.05, 0.1) is 13.7 Å². The van der Waals surface area contributed by atoms with Crippen LogP contribution >= 0.6 is 11.8 Å². The van der Waals surface area contributed by atoms with E-state index in [4.69, 9.17) is 4.74 Å². The van der Waals surface area contributed by atoms with Crippen molar-refractivity contribution in [2.45, 2.75) is 22.8 Å². The molecule has 2 aromatic carbocycles. The summed E-state index contributed by atoms with van der Waals surface area (Å²) in [7, 11) is 1.58. The van der Waals surface area contributed by atoms with Crippen molar-refractivity contribution < 1.29 is 22.6 Å². The summed E-state index contributed by atoms with van der Waals surface area (Å²) in [4.78, 5) is 17.3. The van der Waals surface area contributed by atoms with Crippen LogP contribution in [0.5, 0.6) is 11.5 Å². The van der Waals surface area contributed by atoms with Gasteiger partial charge in [0, 0.05) is 17.3 Å². The molecule has 1 heterocycles. The van der Waals surface area contributed by atoms with E-state index in [1.165, 1.54) is 35.0 Å². The molecular weight excluding hydrogens is 393 g/mol. The topological polar surface area (TPSA) is 53.4 Å². The second kappa shape index (κ2) is 8.39. The number of alkyl halides is 3. The number of rotatable bonds is 6. The highest BCUT2D eigenvalue weighted by Crippen LogP contribution is 2.28. The van der Waals surface area contributed by atoms with Crippen LogP contribution in [0.2, 0.25) is 0 Å². The van der Waals surface area contributed by atoms with Crippen molar-refractivity contribution in [2.24, 2.45) is 0 Å². The van der Waals surface area contributed by atoms with Crippen LogP contribution in [0.4, 0.5) is 13.2 Å². The lowest BCUT2D eigenvalue weighted by Crippen LogP contribution is -2.22. The summed E-state index contributed by atoms with van der Waals surface area (Å²) < 4.78 is 47.1. The average Bonchev–Trinajstić information content (AvgIpc) is 2.66. The predicted molar refractivity (Wildman–Crippen MR) is 97.8 cm³/mol. The summed E-state index contributed by atoms with van der Waals surface area (Å²) in [5.41, 5.74) is 0.623. The Balaban J connectivity index is 1.74. The molecule has 5 nitrogen and oxygen atoms in total. The second-order valence-corrected chi connectivity index (χ2v) is 6.70. The first kappa shape index (κ1) is 19.8. The molecule has 0 N–H and O–H groups in total. The third kappa shape index (κ3) is 5.29. The molecule has 0 aliphatic heterocycles. The molecule has 3 rings (SSSR count). The lowest BCUT2D eigenvalue weighted by atomic mass is 10.2. The van der Waals surface area contributed by atoms with Gasteiger partial charge in [0.2, 0.25) is 0 Å². The molecule has 9 heteroatoms. The van der Waals surface area contributed by atoms with Gasteiger partial charge >= 0.3 is 6.36 Å². The number of methoxy groups -OCH3 is 1. The molecule has 0 unspecified atom stereocenters. The van der Waals surface area contributed by atoms with Crippen LogP contribution in [0.25, 0.3) is 0 Å². The molecule has 3 aromatic rings. The molecule has 0 aliphatic rings. The van der Waals surface area contributed by atoms with E-state index in [1.54, 1.807) is 13.3 Å². The zero-order chi connectivity index (χ0) is 20.1. The Morgan fingerprint density at radius 2 is 1.68 bits per heavy atom. The quantitative estimate of drug-likeness (QED) is 0.607. The number of aromatic nitrogens is 2. The monoisotopic (exact) mass is 408 g/mol. The van der Waals surface area contributed by atoms with Gasteiger partial charge in [0.1, 0.15) is 11.5 Å². The van der Waals surface area contributed by atoms with Crippen molar-refractivity contribution >= 4 is 11.8 Å². The summed E-state index contributed by atoms with van der Waals surface area (Å²) in [6.07, 6.45) is -1.66. The van der Waals surface area contributed by atoms with Gasteiger partial charge in [-0.1, -0.05) is 23.9 Å². The predicted octanol–water partition coefficient (Wildman–Crippen LogP) is 4.35. The van der Waals surface area contributed by atoms with E-state index >= 15 is 0 Å². The fourth-order valence-corrected chi connectivity index (χ4v) is 3.18. The summed E-state index contributed by atoms with van der Waals surface area (Å²) >= 11 is 1.07. The van der Waals surface area contributed by atoms with E-state index in [0.29, 0.717) is 11.4 Å². The maximum absolute atomic E-state index is 12.6. The van der Waals surface area contributed by atoms with Crippen molar-refractivity contribution in [3.63, 3.8) is 0 Å². The molecule has 0 saturated carbocycles. The van der Waals surface area contributed by atoms with Gasteiger partial charge in [0.25, 0.3) is 5.56 Å². The van der Waals surface area contributed by atoms with Crippen molar-refractivity contribution in [1.29, 1.82) is 0 Å². The number of halogens is 3. The van der Waals surface area contributed by atoms with E-state index in [-0.39, 0.29) is 16.3 Å². The van der Waals surface area contributed by atoms with E-state index < -0.39 is 6.36 Å². The largest absolute Gasteiger partial charge is 0.573 e. The second-order valence-electron chi connectivity index (χ2n) is 5.63. The third-order valence-corrected chi connectivity index (χ3v) is 4.65. The molecule has 0 amide bonds. The molecule has 0 bridgehead atoms. The minimum atomic E-state index is -4.75. The third-order valence-electron chi connectivity index (χ3n) is 3.67. The molecule has 1 aromatic heterocycles. The van der Waals surface area contributed by atoms with Crippen LogP contribution in [0, 0.1) is 0 Å². The van der Waals surface area contributed by atoms with Gasteiger partial charge in [-0.2, -0.15) is 0 Å². The Labute approximate surface area is 162 Å². The molecule has 0 saturated heterocycles. The van der Waals surface area contributed by atoms with Gasteiger partial charge in [-0.15, -0.1) is 13.2 Å². The normalized spacial score (nSPS) is 11.3. The van der Waals surface area contributed by atoms with Crippen LogP contribution in [0.1, 0.15) is 5.56 Å². The molecule has 0 spiro atoms. The lowest BCUT2D eigenvalue weighted by Gasteiger charge is -2.10. The number of hydrogen-bond acceptors (Lipinski definition) is 5. The van der Waals surface area contributed by atoms with Crippen LogP contribution in [0.3, 0.4) is 0 Å². The van der Waals surface area contributed by atoms with Crippen LogP contribution in [-0.2, 0) is 6.54 Å². The Hall–Kier alpha value is -2.94. The van der Waals surface area contributed by atoms with Gasteiger partial charge in [-0.3, -0.25) is 4.79 Å². The minimum absolute atomic E-state index is 0.223. The first-order valence-corrected chi connectivity index (χ1v) is 8.88. The van der Waals surface area contributed by atoms with Gasteiger partial charge in [0.15, 0.2) is 5.03 Å². The van der Waals surface area contributed by atoms with Crippen molar-refractivity contribution in [1.82, 2.24) is 9.55 Å². The lowest BCUT2D eigenvalue weighted by molar-refractivity contribution is -0.274. The van der Waals surface area contributed by atoms with Crippen LogP contribution < -0.4 is 15.0 Å². The summed E-state index contributed by atoms with van der Waals surface area (Å²) in [5, 5.41) is 0.223. The molecule has 0 radical (unpaired) electrons. The Kier molecular flexibility index (Phi) is 5.93. The number of benzene rings is 2. The highest BCUT2D eigenvalue weighted by molar-refractivity contribution is 7.99. The smallest absolute Gasteiger partial charge is 0.497 e. The maximum Gasteiger partial charge on any atom is 0.573 e. The SMILES string of the molecule is COc1ccc(Cn2ccnc(Sc3ccc(OC(F)(F)F)cc3)c2=O)cc1. The zero-order valence-electron chi connectivity index (χ0n) is 14.6.